The molecule has 0 radical (unpaired) electrons. The molecule has 1 nitrogen and oxygen atoms in total. The van der Waals surface area contributed by atoms with Crippen molar-refractivity contribution in [1.29, 1.82) is 0 Å². The Kier molecular flexibility index (Phi) is 3.55. The normalized spacial score (nSPS) is 41.8. The topological polar surface area (TPSA) is 3.24 Å². The maximum atomic E-state index is 13.3. The zero-order valence-electron chi connectivity index (χ0n) is 7.10. The molecule has 0 amide bonds. The van der Waals surface area contributed by atoms with Crippen LogP contribution in [0.1, 0.15) is 0 Å². The van der Waals surface area contributed by atoms with E-state index in [1.165, 1.54) is 0 Å². The van der Waals surface area contributed by atoms with Crippen LogP contribution in [0.5, 0.6) is 0 Å². The number of hydrogen-bond acceptors (Lipinski definition) is 1. The predicted molar refractivity (Wildman–Crippen MR) is 51.4 cm³/mol. The lowest BCUT2D eigenvalue weighted by molar-refractivity contribution is -0.249. The van der Waals surface area contributed by atoms with Gasteiger partial charge in [-0.05, 0) is 0 Å². The Morgan fingerprint density at radius 1 is 0.706 bits per heavy atom. The van der Waals surface area contributed by atoms with Gasteiger partial charge in [-0.1, -0.05) is 58.0 Å². The monoisotopic (exact) mass is 363 g/mol. The predicted octanol–water partition coefficient (Wildman–Crippen LogP) is 4.62. The van der Waals surface area contributed by atoms with Gasteiger partial charge in [0.05, 0.1) is 0 Å². The second kappa shape index (κ2) is 3.76. The molecule has 0 saturated carbocycles. The molecule has 1 heterocycles. The van der Waals surface area contributed by atoms with Crippen molar-refractivity contribution in [3.05, 3.63) is 0 Å². The summed E-state index contributed by atoms with van der Waals surface area (Å²) in [6.07, 6.45) is 0. The molecule has 0 aromatic carbocycles. The van der Waals surface area contributed by atoms with Crippen molar-refractivity contribution in [2.75, 3.05) is 0 Å². The molecule has 1 saturated heterocycles. The minimum absolute atomic E-state index is 1.66. The van der Waals surface area contributed by atoms with Crippen molar-refractivity contribution in [1.82, 2.24) is 4.90 Å². The summed E-state index contributed by atoms with van der Waals surface area (Å²) in [5.74, 6) is 0. The lowest BCUT2D eigenvalue weighted by Crippen LogP contribution is -2.55. The van der Waals surface area contributed by atoms with E-state index in [4.69, 9.17) is 34.8 Å². The molecular weight excluding hydrogens is 365 g/mol. The molecule has 2 atom stereocenters. The molecular formula is C5Cl5F6N. The first-order valence-corrected chi connectivity index (χ1v) is 5.39. The van der Waals surface area contributed by atoms with Gasteiger partial charge in [-0.3, -0.25) is 0 Å². The smallest absolute Gasteiger partial charge is 0.212 e. The lowest BCUT2D eigenvalue weighted by atomic mass is 10.2. The third-order valence-electron chi connectivity index (χ3n) is 1.97. The molecule has 2 unspecified atom stereocenters. The number of halogens is 11. The number of hydrogen-bond donors (Lipinski definition) is 0. The summed E-state index contributed by atoms with van der Waals surface area (Å²) in [5, 5.41) is -9.98. The average Bonchev–Trinajstić information content (AvgIpc) is 2.03. The van der Waals surface area contributed by atoms with Crippen LogP contribution in [0.2, 0.25) is 0 Å². The molecule has 0 spiro atoms. The van der Waals surface area contributed by atoms with E-state index in [0.29, 0.717) is 0 Å². The molecule has 102 valence electrons. The van der Waals surface area contributed by atoms with Gasteiger partial charge >= 0.3 is 22.3 Å². The number of alkyl halides is 11. The Morgan fingerprint density at radius 3 is 1.06 bits per heavy atom. The van der Waals surface area contributed by atoms with Gasteiger partial charge in [-0.15, -0.1) is 4.90 Å². The third-order valence-corrected chi connectivity index (χ3v) is 3.54. The first kappa shape index (κ1) is 16.0. The van der Waals surface area contributed by atoms with Crippen LogP contribution in [0.3, 0.4) is 0 Å². The van der Waals surface area contributed by atoms with Gasteiger partial charge in [0.2, 0.25) is 0 Å². The van der Waals surface area contributed by atoms with Crippen molar-refractivity contribution in [3.8, 4) is 0 Å². The van der Waals surface area contributed by atoms with E-state index < -0.39 is 31.2 Å². The van der Waals surface area contributed by atoms with E-state index in [1.54, 1.807) is 0 Å². The highest BCUT2D eigenvalue weighted by atomic mass is 35.6. The van der Waals surface area contributed by atoms with Crippen molar-refractivity contribution in [2.45, 2.75) is 26.3 Å². The minimum atomic E-state index is -5.36. The lowest BCUT2D eigenvalue weighted by Gasteiger charge is -2.33. The van der Waals surface area contributed by atoms with Crippen LogP contribution in [0.15, 0.2) is 0 Å². The maximum absolute atomic E-state index is 13.3. The number of rotatable bonds is 0. The second-order valence-corrected chi connectivity index (χ2v) is 6.30. The van der Waals surface area contributed by atoms with Gasteiger partial charge < -0.3 is 0 Å². The number of likely N-dealkylation sites (tertiary alicyclic amines) is 1. The Morgan fingerprint density at radius 2 is 0.941 bits per heavy atom. The first-order chi connectivity index (χ1) is 7.12. The zero-order chi connectivity index (χ0) is 14.1. The largest absolute Gasteiger partial charge is 0.365 e. The van der Waals surface area contributed by atoms with Crippen molar-refractivity contribution in [3.63, 3.8) is 0 Å². The van der Waals surface area contributed by atoms with Gasteiger partial charge in [-0.25, -0.2) is 8.78 Å². The standard InChI is InChI=1S/C5Cl5F6N/c6-1(11)2(7,12)4(15,16)17(3(1,13)14)5(8,9)10. The van der Waals surface area contributed by atoms with E-state index in [9.17, 15) is 26.3 Å². The molecule has 0 aliphatic carbocycles. The Hall–Kier alpha value is 0.990. The van der Waals surface area contributed by atoms with Crippen LogP contribution in [0, 0.1) is 0 Å². The highest BCUT2D eigenvalue weighted by molar-refractivity contribution is 6.67. The van der Waals surface area contributed by atoms with Crippen LogP contribution in [0.4, 0.5) is 26.3 Å². The first-order valence-electron chi connectivity index (χ1n) is 3.50. The summed E-state index contributed by atoms with van der Waals surface area (Å²) in [6, 6.07) is -10.7. The quantitative estimate of drug-likeness (QED) is 0.344. The molecule has 0 aromatic heterocycles. The van der Waals surface area contributed by atoms with Crippen molar-refractivity contribution >= 4 is 58.0 Å². The van der Waals surface area contributed by atoms with E-state index in [2.05, 4.69) is 23.2 Å². The molecule has 17 heavy (non-hydrogen) atoms. The summed E-state index contributed by atoms with van der Waals surface area (Å²) in [7, 11) is 0. The SMILES string of the molecule is FC1(F)N(C(Cl)(Cl)Cl)C(F)(F)C(F)(Cl)C1(F)Cl. The van der Waals surface area contributed by atoms with Gasteiger partial charge in [-0.2, -0.15) is 17.6 Å². The van der Waals surface area contributed by atoms with Crippen LogP contribution >= 0.6 is 58.0 Å². The van der Waals surface area contributed by atoms with Crippen LogP contribution < -0.4 is 0 Å². The van der Waals surface area contributed by atoms with Crippen molar-refractivity contribution < 1.29 is 26.3 Å². The Balaban J connectivity index is 3.54. The molecule has 0 bridgehead atoms. The minimum Gasteiger partial charge on any atom is -0.212 e. The summed E-state index contributed by atoms with van der Waals surface area (Å²) in [6.45, 7) is 0. The fourth-order valence-electron chi connectivity index (χ4n) is 1.15. The van der Waals surface area contributed by atoms with Crippen LogP contribution in [-0.2, 0) is 0 Å². The van der Waals surface area contributed by atoms with E-state index in [0.717, 1.165) is 0 Å². The molecule has 0 aromatic rings. The average molecular weight is 365 g/mol. The second-order valence-electron chi connectivity index (χ2n) is 3.03. The van der Waals surface area contributed by atoms with Crippen molar-refractivity contribution in [2.24, 2.45) is 0 Å². The summed E-state index contributed by atoms with van der Waals surface area (Å²) >= 11 is 23.3. The van der Waals surface area contributed by atoms with Gasteiger partial charge in [0.1, 0.15) is 0 Å². The zero-order valence-corrected chi connectivity index (χ0v) is 10.9. The summed E-state index contributed by atoms with van der Waals surface area (Å²) in [5.41, 5.74) is 0. The number of nitrogens with zero attached hydrogens (tertiary/aromatic N) is 1. The van der Waals surface area contributed by atoms with E-state index in [-0.39, 0.29) is 0 Å². The fourth-order valence-corrected chi connectivity index (χ4v) is 2.19. The fraction of sp³-hybridized carbons (Fsp3) is 1.00. The molecule has 1 rings (SSSR count). The Bertz CT molecular complexity index is 312. The van der Waals surface area contributed by atoms with Crippen LogP contribution in [0.25, 0.3) is 0 Å². The van der Waals surface area contributed by atoms with E-state index in [1.807, 2.05) is 0 Å². The Labute approximate surface area is 115 Å². The summed E-state index contributed by atoms with van der Waals surface area (Å²) < 4.78 is 75.9. The molecule has 1 aliphatic rings. The highest BCUT2D eigenvalue weighted by Crippen LogP contribution is 2.68. The summed E-state index contributed by atoms with van der Waals surface area (Å²) in [4.78, 5) is -1.66. The highest BCUT2D eigenvalue weighted by Gasteiger charge is 2.92. The third kappa shape index (κ3) is 1.80. The molecule has 1 aliphatic heterocycles. The van der Waals surface area contributed by atoms with Crippen LogP contribution in [-0.4, -0.2) is 31.2 Å². The molecule has 12 heteroatoms. The van der Waals surface area contributed by atoms with E-state index >= 15 is 0 Å². The van der Waals surface area contributed by atoms with Gasteiger partial charge in [0.15, 0.2) is 0 Å². The molecule has 0 N–H and O–H groups in total. The maximum Gasteiger partial charge on any atom is 0.365 e. The molecule has 1 fully saturated rings. The van der Waals surface area contributed by atoms with Gasteiger partial charge in [0.25, 0.3) is 3.92 Å². The van der Waals surface area contributed by atoms with Gasteiger partial charge in [0, 0.05) is 0 Å².